The Morgan fingerprint density at radius 1 is 1.36 bits per heavy atom. The maximum Gasteiger partial charge on any atom is 0.247 e. The summed E-state index contributed by atoms with van der Waals surface area (Å²) in [6, 6.07) is 0. The van der Waals surface area contributed by atoms with Crippen LogP contribution in [0.15, 0.2) is 6.33 Å². The third-order valence-electron chi connectivity index (χ3n) is 3.80. The molecule has 5 N–H and O–H groups in total. The summed E-state index contributed by atoms with van der Waals surface area (Å²) in [6.45, 7) is 0.261. The lowest BCUT2D eigenvalue weighted by Crippen LogP contribution is -2.24. The Morgan fingerprint density at radius 3 is 2.92 bits per heavy atom. The van der Waals surface area contributed by atoms with Crippen LogP contribution in [0, 0.1) is 0 Å². The highest BCUT2D eigenvalue weighted by Crippen LogP contribution is 2.32. The van der Waals surface area contributed by atoms with E-state index in [1.54, 1.807) is 16.3 Å². The fraction of sp³-hybridized carbons (Fsp3) is 0.643. The number of aromatic nitrogens is 4. The molecule has 0 radical (unpaired) electrons. The molecule has 3 rings (SSSR count). The molecule has 0 saturated carbocycles. The highest BCUT2D eigenvalue weighted by molar-refractivity contribution is 7.99. The molecule has 3 atom stereocenters. The number of imidazole rings is 1. The second kappa shape index (κ2) is 8.15. The van der Waals surface area contributed by atoms with E-state index in [0.717, 1.165) is 0 Å². The normalized spacial score (nSPS) is 23.4. The van der Waals surface area contributed by atoms with E-state index in [1.807, 2.05) is 0 Å². The molecule has 11 heteroatoms. The maximum atomic E-state index is 9.91. The van der Waals surface area contributed by atoms with Crippen LogP contribution in [0.25, 0.3) is 11.2 Å². The molecular weight excluding hydrogens is 350 g/mol. The smallest absolute Gasteiger partial charge is 0.247 e. The van der Waals surface area contributed by atoms with Crippen molar-refractivity contribution in [3.05, 3.63) is 6.33 Å². The lowest BCUT2D eigenvalue weighted by atomic mass is 10.2. The molecule has 0 aromatic carbocycles. The number of thioether (sulfide) groups is 1. The second-order valence-corrected chi connectivity index (χ2v) is 6.74. The first-order chi connectivity index (χ1) is 12.1. The molecule has 0 amide bonds. The minimum Gasteiger partial charge on any atom is -0.475 e. The maximum absolute atomic E-state index is 9.91. The molecule has 1 aliphatic rings. The first kappa shape index (κ1) is 18.1. The number of rotatable bonds is 8. The van der Waals surface area contributed by atoms with Gasteiger partial charge in [0.2, 0.25) is 11.8 Å². The summed E-state index contributed by atoms with van der Waals surface area (Å²) < 4.78 is 12.9. The van der Waals surface area contributed by atoms with Gasteiger partial charge in [-0.3, -0.25) is 4.57 Å². The van der Waals surface area contributed by atoms with E-state index >= 15 is 0 Å². The van der Waals surface area contributed by atoms with Gasteiger partial charge in [0, 0.05) is 17.9 Å². The van der Waals surface area contributed by atoms with Crippen LogP contribution in [0.1, 0.15) is 12.6 Å². The van der Waals surface area contributed by atoms with Crippen molar-refractivity contribution in [2.45, 2.75) is 24.9 Å². The van der Waals surface area contributed by atoms with Crippen LogP contribution in [0.4, 0.5) is 5.95 Å². The largest absolute Gasteiger partial charge is 0.475 e. The molecule has 0 bridgehead atoms. The summed E-state index contributed by atoms with van der Waals surface area (Å²) in [7, 11) is 0. The van der Waals surface area contributed by atoms with Crippen LogP contribution in [-0.2, 0) is 4.74 Å². The number of nitrogen functional groups attached to an aromatic ring is 1. The summed E-state index contributed by atoms with van der Waals surface area (Å²) in [5.41, 5.74) is 6.67. The molecule has 1 aliphatic heterocycles. The van der Waals surface area contributed by atoms with Gasteiger partial charge in [0.25, 0.3) is 0 Å². The summed E-state index contributed by atoms with van der Waals surface area (Å²) >= 11 is 1.56. The van der Waals surface area contributed by atoms with Gasteiger partial charge in [-0.05, 0) is 0 Å². The monoisotopic (exact) mass is 371 g/mol. The molecule has 1 fully saturated rings. The Hall–Kier alpha value is -1.66. The van der Waals surface area contributed by atoms with E-state index in [-0.39, 0.29) is 25.0 Å². The lowest BCUT2D eigenvalue weighted by Gasteiger charge is -2.14. The van der Waals surface area contributed by atoms with Crippen LogP contribution in [-0.4, -0.2) is 78.4 Å². The first-order valence-corrected chi connectivity index (χ1v) is 9.05. The van der Waals surface area contributed by atoms with Gasteiger partial charge in [-0.15, -0.1) is 0 Å². The summed E-state index contributed by atoms with van der Waals surface area (Å²) in [6.07, 6.45) is -0.0519. The molecule has 3 heterocycles. The first-order valence-electron chi connectivity index (χ1n) is 7.90. The number of anilines is 1. The topological polar surface area (TPSA) is 149 Å². The third kappa shape index (κ3) is 3.96. The Balaban J connectivity index is 1.79. The van der Waals surface area contributed by atoms with Crippen molar-refractivity contribution in [1.29, 1.82) is 0 Å². The summed E-state index contributed by atoms with van der Waals surface area (Å²) in [4.78, 5) is 12.6. The number of fused-ring (bicyclic) bond motifs is 1. The molecule has 0 spiro atoms. The molecule has 1 saturated heterocycles. The number of hydrogen-bond acceptors (Lipinski definition) is 10. The van der Waals surface area contributed by atoms with Gasteiger partial charge in [0.1, 0.15) is 12.3 Å². The number of nitrogens with zero attached hydrogens (tertiary/aromatic N) is 4. The van der Waals surface area contributed by atoms with Crippen LogP contribution >= 0.6 is 11.8 Å². The predicted octanol–water partition coefficient (Wildman–Crippen LogP) is -0.847. The van der Waals surface area contributed by atoms with Crippen LogP contribution in [0.5, 0.6) is 5.88 Å². The Labute approximate surface area is 148 Å². The standard InChI is InChI=1S/C14H21N5O5S/c15-14-17-12-11(13(18-14)23-2-4-25-3-1-20)16-7-19(12)10-5-8(22)9(6-21)24-10/h7-10,20-22H,1-6H2,(H2,15,17,18)/t8-,9+,10+/m0/s1. The van der Waals surface area contributed by atoms with Gasteiger partial charge in [0.15, 0.2) is 11.2 Å². The number of ether oxygens (including phenoxy) is 2. The molecule has 0 unspecified atom stereocenters. The number of hydrogen-bond donors (Lipinski definition) is 4. The average molecular weight is 371 g/mol. The predicted molar refractivity (Wildman–Crippen MR) is 91.3 cm³/mol. The van der Waals surface area contributed by atoms with Crippen molar-refractivity contribution in [3.63, 3.8) is 0 Å². The third-order valence-corrected chi connectivity index (χ3v) is 4.73. The van der Waals surface area contributed by atoms with Gasteiger partial charge in [0.05, 0.1) is 32.3 Å². The Morgan fingerprint density at radius 2 is 2.20 bits per heavy atom. The fourth-order valence-corrected chi connectivity index (χ4v) is 3.17. The second-order valence-electron chi connectivity index (χ2n) is 5.51. The molecular formula is C14H21N5O5S. The summed E-state index contributed by atoms with van der Waals surface area (Å²) in [5, 5.41) is 27.9. The fourth-order valence-electron chi connectivity index (χ4n) is 2.63. The molecule has 0 aliphatic carbocycles. The average Bonchev–Trinajstić information content (AvgIpc) is 3.17. The van der Waals surface area contributed by atoms with Gasteiger partial charge >= 0.3 is 0 Å². The quantitative estimate of drug-likeness (QED) is 0.432. The zero-order chi connectivity index (χ0) is 17.8. The molecule has 2 aromatic rings. The van der Waals surface area contributed by atoms with E-state index in [9.17, 15) is 10.2 Å². The van der Waals surface area contributed by atoms with Crippen molar-refractivity contribution in [2.24, 2.45) is 0 Å². The summed E-state index contributed by atoms with van der Waals surface area (Å²) in [5.74, 6) is 1.67. The van der Waals surface area contributed by atoms with E-state index in [2.05, 4.69) is 15.0 Å². The lowest BCUT2D eigenvalue weighted by molar-refractivity contribution is -0.0432. The van der Waals surface area contributed by atoms with E-state index < -0.39 is 18.4 Å². The minimum absolute atomic E-state index is 0.0458. The zero-order valence-electron chi connectivity index (χ0n) is 13.5. The zero-order valence-corrected chi connectivity index (χ0v) is 14.3. The highest BCUT2D eigenvalue weighted by atomic mass is 32.2. The number of nitrogens with two attached hydrogens (primary N) is 1. The molecule has 2 aromatic heterocycles. The van der Waals surface area contributed by atoms with Gasteiger partial charge in [-0.1, -0.05) is 0 Å². The van der Waals surface area contributed by atoms with Crippen molar-refractivity contribution >= 4 is 28.9 Å². The number of aliphatic hydroxyl groups excluding tert-OH is 3. The highest BCUT2D eigenvalue weighted by Gasteiger charge is 2.35. The Bertz CT molecular complexity index is 714. The van der Waals surface area contributed by atoms with E-state index in [0.29, 0.717) is 35.7 Å². The number of aliphatic hydroxyl groups is 3. The van der Waals surface area contributed by atoms with Gasteiger partial charge in [-0.25, -0.2) is 4.98 Å². The minimum atomic E-state index is -0.758. The van der Waals surface area contributed by atoms with Crippen molar-refractivity contribution < 1.29 is 24.8 Å². The van der Waals surface area contributed by atoms with Crippen LogP contribution in [0.2, 0.25) is 0 Å². The van der Waals surface area contributed by atoms with Crippen molar-refractivity contribution in [1.82, 2.24) is 19.5 Å². The van der Waals surface area contributed by atoms with Crippen molar-refractivity contribution in [3.8, 4) is 5.88 Å². The van der Waals surface area contributed by atoms with Crippen LogP contribution in [0.3, 0.4) is 0 Å². The van der Waals surface area contributed by atoms with E-state index in [4.69, 9.17) is 20.3 Å². The van der Waals surface area contributed by atoms with Crippen LogP contribution < -0.4 is 10.5 Å². The van der Waals surface area contributed by atoms with E-state index in [1.165, 1.54) is 6.33 Å². The molecule has 138 valence electrons. The van der Waals surface area contributed by atoms with Gasteiger partial charge < -0.3 is 30.5 Å². The van der Waals surface area contributed by atoms with Crippen molar-refractivity contribution in [2.75, 3.05) is 37.1 Å². The Kier molecular flexibility index (Phi) is 5.91. The SMILES string of the molecule is Nc1nc(OCCSCCO)c2ncn([C@H]3C[C@H](O)[C@@H](CO)O3)c2n1. The van der Waals surface area contributed by atoms with Gasteiger partial charge in [-0.2, -0.15) is 21.7 Å². The molecule has 10 nitrogen and oxygen atoms in total. The molecule has 25 heavy (non-hydrogen) atoms.